The number of rotatable bonds is 5. The Labute approximate surface area is 119 Å². The monoisotopic (exact) mass is 292 g/mol. The van der Waals surface area contributed by atoms with Gasteiger partial charge in [-0.2, -0.15) is 0 Å². The molecule has 8 heteroatoms. The number of nitro benzene ring substituents is 1. The minimum Gasteiger partial charge on any atom is -0.348 e. The summed E-state index contributed by atoms with van der Waals surface area (Å²) in [6.45, 7) is 2.19. The van der Waals surface area contributed by atoms with Crippen LogP contribution in [0.1, 0.15) is 17.3 Å². The van der Waals surface area contributed by atoms with Gasteiger partial charge in [0.05, 0.1) is 11.3 Å². The highest BCUT2D eigenvalue weighted by Crippen LogP contribution is 2.19. The average Bonchev–Trinajstić information content (AvgIpc) is 2.90. The van der Waals surface area contributed by atoms with E-state index in [9.17, 15) is 19.3 Å². The van der Waals surface area contributed by atoms with Crippen LogP contribution in [-0.2, 0) is 6.54 Å². The molecule has 0 spiro atoms. The van der Waals surface area contributed by atoms with E-state index in [0.717, 1.165) is 18.2 Å². The normalized spacial score (nSPS) is 11.9. The second kappa shape index (κ2) is 6.12. The van der Waals surface area contributed by atoms with Crippen LogP contribution in [0.5, 0.6) is 0 Å². The van der Waals surface area contributed by atoms with Gasteiger partial charge in [0.2, 0.25) is 0 Å². The van der Waals surface area contributed by atoms with E-state index in [2.05, 4.69) is 10.3 Å². The Bertz CT molecular complexity index is 657. The van der Waals surface area contributed by atoms with E-state index in [-0.39, 0.29) is 11.6 Å². The van der Waals surface area contributed by atoms with Gasteiger partial charge in [0.25, 0.3) is 11.6 Å². The Balaban J connectivity index is 2.12. The molecule has 0 aliphatic carbocycles. The number of benzene rings is 1. The molecule has 2 aromatic rings. The van der Waals surface area contributed by atoms with Gasteiger partial charge < -0.3 is 9.88 Å². The van der Waals surface area contributed by atoms with E-state index in [4.69, 9.17) is 0 Å². The van der Waals surface area contributed by atoms with Gasteiger partial charge in [-0.3, -0.25) is 14.9 Å². The molecule has 7 nitrogen and oxygen atoms in total. The lowest BCUT2D eigenvalue weighted by molar-refractivity contribution is -0.385. The molecule has 0 fully saturated rings. The van der Waals surface area contributed by atoms with Crippen molar-refractivity contribution in [2.24, 2.45) is 0 Å². The van der Waals surface area contributed by atoms with Crippen molar-refractivity contribution >= 4 is 11.6 Å². The van der Waals surface area contributed by atoms with Crippen molar-refractivity contribution in [3.63, 3.8) is 0 Å². The maximum atomic E-state index is 13.2. The molecule has 1 unspecified atom stereocenters. The molecule has 0 bridgehead atoms. The Morgan fingerprint density at radius 3 is 2.95 bits per heavy atom. The van der Waals surface area contributed by atoms with E-state index < -0.39 is 22.3 Å². The maximum Gasteiger partial charge on any atom is 0.282 e. The van der Waals surface area contributed by atoms with E-state index >= 15 is 0 Å². The lowest BCUT2D eigenvalue weighted by Gasteiger charge is -2.14. The summed E-state index contributed by atoms with van der Waals surface area (Å²) >= 11 is 0. The summed E-state index contributed by atoms with van der Waals surface area (Å²) in [6, 6.07) is 2.49. The fourth-order valence-electron chi connectivity index (χ4n) is 1.91. The number of aromatic nitrogens is 2. The average molecular weight is 292 g/mol. The molecule has 1 atom stereocenters. The maximum absolute atomic E-state index is 13.2. The first kappa shape index (κ1) is 14.6. The number of amides is 1. The molecule has 1 heterocycles. The number of carbonyl (C=O) groups is 1. The molecule has 0 aliphatic heterocycles. The van der Waals surface area contributed by atoms with Gasteiger partial charge in [0.1, 0.15) is 11.4 Å². The summed E-state index contributed by atoms with van der Waals surface area (Å²) in [7, 11) is 0. The van der Waals surface area contributed by atoms with Crippen LogP contribution >= 0.6 is 0 Å². The Hall–Kier alpha value is -2.77. The molecule has 1 N–H and O–H groups in total. The van der Waals surface area contributed by atoms with Gasteiger partial charge in [-0.15, -0.1) is 0 Å². The fraction of sp³-hybridized carbons (Fsp3) is 0.231. The lowest BCUT2D eigenvalue weighted by Crippen LogP contribution is -2.35. The lowest BCUT2D eigenvalue weighted by atomic mass is 10.1. The predicted molar refractivity (Wildman–Crippen MR) is 72.2 cm³/mol. The van der Waals surface area contributed by atoms with Crippen molar-refractivity contribution in [2.45, 2.75) is 19.5 Å². The summed E-state index contributed by atoms with van der Waals surface area (Å²) in [5.41, 5.74) is -0.721. The summed E-state index contributed by atoms with van der Waals surface area (Å²) in [4.78, 5) is 26.1. The third kappa shape index (κ3) is 3.62. The van der Waals surface area contributed by atoms with Gasteiger partial charge in [-0.05, 0) is 19.1 Å². The SMILES string of the molecule is CC(Cn1ccnc1)NC(=O)c1cc(F)ccc1[N+](=O)[O-]. The van der Waals surface area contributed by atoms with Crippen molar-refractivity contribution in [1.82, 2.24) is 14.9 Å². The molecule has 1 amide bonds. The van der Waals surface area contributed by atoms with Crippen LogP contribution in [0.15, 0.2) is 36.9 Å². The smallest absolute Gasteiger partial charge is 0.282 e. The third-order valence-corrected chi connectivity index (χ3v) is 2.82. The molecule has 0 saturated heterocycles. The first-order valence-electron chi connectivity index (χ1n) is 6.18. The molecule has 2 rings (SSSR count). The fourth-order valence-corrected chi connectivity index (χ4v) is 1.91. The molecular formula is C13H13FN4O3. The number of nitro groups is 1. The van der Waals surface area contributed by atoms with Crippen molar-refractivity contribution in [3.05, 3.63) is 58.4 Å². The number of nitrogens with one attached hydrogen (secondary N) is 1. The van der Waals surface area contributed by atoms with Crippen LogP contribution in [0, 0.1) is 15.9 Å². The number of halogens is 1. The van der Waals surface area contributed by atoms with Gasteiger partial charge >= 0.3 is 0 Å². The molecule has 0 radical (unpaired) electrons. The molecule has 110 valence electrons. The van der Waals surface area contributed by atoms with Crippen LogP contribution in [0.2, 0.25) is 0 Å². The van der Waals surface area contributed by atoms with Crippen LogP contribution in [0.25, 0.3) is 0 Å². The topological polar surface area (TPSA) is 90.1 Å². The second-order valence-corrected chi connectivity index (χ2v) is 4.55. The zero-order valence-corrected chi connectivity index (χ0v) is 11.2. The predicted octanol–water partition coefficient (Wildman–Crippen LogP) is 1.75. The Kier molecular flexibility index (Phi) is 4.27. The highest BCUT2D eigenvalue weighted by atomic mass is 19.1. The highest BCUT2D eigenvalue weighted by Gasteiger charge is 2.22. The van der Waals surface area contributed by atoms with Crippen molar-refractivity contribution < 1.29 is 14.1 Å². The zero-order chi connectivity index (χ0) is 15.4. The molecule has 1 aromatic carbocycles. The third-order valence-electron chi connectivity index (χ3n) is 2.82. The quantitative estimate of drug-likeness (QED) is 0.671. The molecule has 1 aromatic heterocycles. The number of hydrogen-bond donors (Lipinski definition) is 1. The van der Waals surface area contributed by atoms with Gasteiger partial charge in [0.15, 0.2) is 0 Å². The zero-order valence-electron chi connectivity index (χ0n) is 11.2. The number of nitrogens with zero attached hydrogens (tertiary/aromatic N) is 3. The van der Waals surface area contributed by atoms with Crippen LogP contribution in [0.4, 0.5) is 10.1 Å². The van der Waals surface area contributed by atoms with Crippen LogP contribution in [-0.4, -0.2) is 26.4 Å². The van der Waals surface area contributed by atoms with Gasteiger partial charge in [-0.25, -0.2) is 9.37 Å². The first-order chi connectivity index (χ1) is 9.97. The standard InChI is InChI=1S/C13H13FN4O3/c1-9(7-17-5-4-15-8-17)16-13(19)11-6-10(14)2-3-12(11)18(20)21/h2-6,8-9H,7H2,1H3,(H,16,19). The molecule has 0 saturated carbocycles. The van der Waals surface area contributed by atoms with E-state index in [1.807, 2.05) is 0 Å². The van der Waals surface area contributed by atoms with Crippen molar-refractivity contribution in [1.29, 1.82) is 0 Å². The van der Waals surface area contributed by atoms with E-state index in [1.165, 1.54) is 0 Å². The Morgan fingerprint density at radius 1 is 1.57 bits per heavy atom. The first-order valence-corrected chi connectivity index (χ1v) is 6.18. The largest absolute Gasteiger partial charge is 0.348 e. The van der Waals surface area contributed by atoms with E-state index in [1.54, 1.807) is 30.2 Å². The summed E-state index contributed by atoms with van der Waals surface area (Å²) in [6.07, 6.45) is 4.92. The minimum absolute atomic E-state index is 0.294. The highest BCUT2D eigenvalue weighted by molar-refractivity contribution is 5.98. The molecule has 0 aliphatic rings. The summed E-state index contributed by atoms with van der Waals surface area (Å²) in [5.74, 6) is -1.39. The summed E-state index contributed by atoms with van der Waals surface area (Å²) < 4.78 is 15.0. The van der Waals surface area contributed by atoms with Gasteiger partial charge in [0, 0.05) is 31.0 Å². The molecular weight excluding hydrogens is 279 g/mol. The molecule has 21 heavy (non-hydrogen) atoms. The summed E-state index contributed by atoms with van der Waals surface area (Å²) in [5, 5.41) is 13.5. The van der Waals surface area contributed by atoms with Gasteiger partial charge in [-0.1, -0.05) is 0 Å². The number of hydrogen-bond acceptors (Lipinski definition) is 4. The second-order valence-electron chi connectivity index (χ2n) is 4.55. The number of imidazole rings is 1. The van der Waals surface area contributed by atoms with Crippen LogP contribution in [0.3, 0.4) is 0 Å². The Morgan fingerprint density at radius 2 is 2.33 bits per heavy atom. The van der Waals surface area contributed by atoms with Crippen molar-refractivity contribution in [3.8, 4) is 0 Å². The van der Waals surface area contributed by atoms with Crippen molar-refractivity contribution in [2.75, 3.05) is 0 Å². The number of carbonyl (C=O) groups excluding carboxylic acids is 1. The van der Waals surface area contributed by atoms with E-state index in [0.29, 0.717) is 6.54 Å². The van der Waals surface area contributed by atoms with Crippen LogP contribution < -0.4 is 5.32 Å². The minimum atomic E-state index is -0.713.